The Hall–Kier alpha value is -1.24. The first-order chi connectivity index (χ1) is 6.93. The molecule has 0 aromatic heterocycles. The van der Waals surface area contributed by atoms with Crippen LogP contribution in [-0.4, -0.2) is 6.04 Å². The van der Waals surface area contributed by atoms with Gasteiger partial charge in [-0.25, -0.2) is 0 Å². The Balaban J connectivity index is 1.83. The van der Waals surface area contributed by atoms with E-state index in [0.717, 1.165) is 11.8 Å². The average molecular weight is 183 g/mol. The largest absolute Gasteiger partial charge is 0.381 e. The number of para-hydroxylation sites is 1. The lowest BCUT2D eigenvalue weighted by atomic mass is 9.86. The molecule has 1 aromatic rings. The van der Waals surface area contributed by atoms with Gasteiger partial charge in [-0.3, -0.25) is 0 Å². The molecule has 4 rings (SSSR count). The van der Waals surface area contributed by atoms with Gasteiger partial charge in [-0.2, -0.15) is 0 Å². The van der Waals surface area contributed by atoms with E-state index in [1.54, 1.807) is 11.1 Å². The lowest BCUT2D eigenvalue weighted by Gasteiger charge is -2.21. The van der Waals surface area contributed by atoms with E-state index in [2.05, 4.69) is 35.7 Å². The van der Waals surface area contributed by atoms with Crippen molar-refractivity contribution in [1.82, 2.24) is 0 Å². The van der Waals surface area contributed by atoms with Crippen molar-refractivity contribution in [2.75, 3.05) is 5.32 Å². The molecule has 0 amide bonds. The minimum Gasteiger partial charge on any atom is -0.381 e. The van der Waals surface area contributed by atoms with Gasteiger partial charge in [0.25, 0.3) is 0 Å². The zero-order valence-electron chi connectivity index (χ0n) is 8.03. The fourth-order valence-corrected chi connectivity index (χ4v) is 3.15. The first kappa shape index (κ1) is 7.10. The van der Waals surface area contributed by atoms with E-state index in [-0.39, 0.29) is 0 Å². The zero-order valence-corrected chi connectivity index (χ0v) is 8.03. The first-order valence-corrected chi connectivity index (χ1v) is 5.48. The van der Waals surface area contributed by atoms with Crippen molar-refractivity contribution in [3.05, 3.63) is 41.5 Å². The van der Waals surface area contributed by atoms with Gasteiger partial charge in [0.15, 0.2) is 0 Å². The molecule has 0 radical (unpaired) electrons. The van der Waals surface area contributed by atoms with Crippen molar-refractivity contribution in [1.29, 1.82) is 0 Å². The quantitative estimate of drug-likeness (QED) is 0.610. The summed E-state index contributed by atoms with van der Waals surface area (Å²) in [6.07, 6.45) is 5.07. The van der Waals surface area contributed by atoms with E-state index in [1.165, 1.54) is 18.5 Å². The molecule has 14 heavy (non-hydrogen) atoms. The molecule has 3 atom stereocenters. The standard InChI is InChI=1S/C13H13N/c1-2-4-12-9(3-1)10-6-5-8-7-11(8)13(10)14-12/h1-5,10-11,13-14H,6-7H2. The van der Waals surface area contributed by atoms with E-state index < -0.39 is 0 Å². The average Bonchev–Trinajstić information content (AvgIpc) is 2.92. The van der Waals surface area contributed by atoms with Gasteiger partial charge in [0.05, 0.1) is 0 Å². The van der Waals surface area contributed by atoms with E-state index >= 15 is 0 Å². The summed E-state index contributed by atoms with van der Waals surface area (Å²) in [5.74, 6) is 1.61. The highest BCUT2D eigenvalue weighted by molar-refractivity contribution is 5.62. The number of benzene rings is 1. The van der Waals surface area contributed by atoms with Gasteiger partial charge in [0.2, 0.25) is 0 Å². The van der Waals surface area contributed by atoms with Crippen molar-refractivity contribution >= 4 is 5.69 Å². The maximum atomic E-state index is 3.69. The summed E-state index contributed by atoms with van der Waals surface area (Å²) >= 11 is 0. The molecular formula is C13H13N. The van der Waals surface area contributed by atoms with Crippen LogP contribution in [0, 0.1) is 5.92 Å². The molecule has 1 aromatic carbocycles. The number of anilines is 1. The van der Waals surface area contributed by atoms with E-state index in [1.807, 2.05) is 0 Å². The SMILES string of the molecule is C1=C2CC2C2Nc3ccccc3C2C1. The summed E-state index contributed by atoms with van der Waals surface area (Å²) in [6, 6.07) is 9.51. The highest BCUT2D eigenvalue weighted by Gasteiger charge is 2.47. The maximum absolute atomic E-state index is 3.69. The van der Waals surface area contributed by atoms with Crippen LogP contribution in [0.25, 0.3) is 0 Å². The highest BCUT2D eigenvalue weighted by Crippen LogP contribution is 2.54. The van der Waals surface area contributed by atoms with Crippen molar-refractivity contribution in [2.24, 2.45) is 5.92 Å². The summed E-state index contributed by atoms with van der Waals surface area (Å²) in [6.45, 7) is 0. The van der Waals surface area contributed by atoms with Crippen LogP contribution in [0.1, 0.15) is 24.3 Å². The van der Waals surface area contributed by atoms with Gasteiger partial charge in [0, 0.05) is 23.6 Å². The molecule has 1 N–H and O–H groups in total. The molecular weight excluding hydrogens is 170 g/mol. The Bertz CT molecular complexity index is 433. The minimum atomic E-state index is 0.715. The summed E-state index contributed by atoms with van der Waals surface area (Å²) in [5, 5.41) is 3.69. The Morgan fingerprint density at radius 3 is 3.07 bits per heavy atom. The van der Waals surface area contributed by atoms with E-state index in [0.29, 0.717) is 6.04 Å². The summed E-state index contributed by atoms with van der Waals surface area (Å²) in [7, 11) is 0. The highest BCUT2D eigenvalue weighted by atomic mass is 15.0. The van der Waals surface area contributed by atoms with Gasteiger partial charge in [0.1, 0.15) is 0 Å². The van der Waals surface area contributed by atoms with E-state index in [9.17, 15) is 0 Å². The monoisotopic (exact) mass is 183 g/mol. The van der Waals surface area contributed by atoms with Crippen molar-refractivity contribution in [3.63, 3.8) is 0 Å². The predicted molar refractivity (Wildman–Crippen MR) is 57.4 cm³/mol. The number of rotatable bonds is 0. The second-order valence-electron chi connectivity index (χ2n) is 4.69. The molecule has 0 bridgehead atoms. The normalized spacial score (nSPS) is 36.3. The fourth-order valence-electron chi connectivity index (χ4n) is 3.15. The number of hydrogen-bond donors (Lipinski definition) is 1. The molecule has 3 aliphatic rings. The van der Waals surface area contributed by atoms with Crippen molar-refractivity contribution in [2.45, 2.75) is 24.8 Å². The third-order valence-electron chi connectivity index (χ3n) is 3.96. The van der Waals surface area contributed by atoms with Gasteiger partial charge in [-0.05, 0) is 24.5 Å². The molecule has 1 saturated carbocycles. The summed E-state index contributed by atoms with van der Waals surface area (Å²) in [4.78, 5) is 0. The van der Waals surface area contributed by atoms with Crippen LogP contribution in [0.3, 0.4) is 0 Å². The van der Waals surface area contributed by atoms with Crippen molar-refractivity contribution < 1.29 is 0 Å². The second-order valence-corrected chi connectivity index (χ2v) is 4.69. The van der Waals surface area contributed by atoms with Crippen molar-refractivity contribution in [3.8, 4) is 0 Å². The minimum absolute atomic E-state index is 0.715. The molecule has 70 valence electrons. The number of fused-ring (bicyclic) bond motifs is 5. The van der Waals surface area contributed by atoms with Gasteiger partial charge in [-0.1, -0.05) is 29.8 Å². The van der Waals surface area contributed by atoms with Gasteiger partial charge < -0.3 is 5.32 Å². The Morgan fingerprint density at radius 1 is 1.14 bits per heavy atom. The topological polar surface area (TPSA) is 12.0 Å². The van der Waals surface area contributed by atoms with Crippen LogP contribution in [0.15, 0.2) is 35.9 Å². The second kappa shape index (κ2) is 2.22. The van der Waals surface area contributed by atoms with Crippen LogP contribution >= 0.6 is 0 Å². The molecule has 3 unspecified atom stereocenters. The maximum Gasteiger partial charge on any atom is 0.0402 e. The lowest BCUT2D eigenvalue weighted by Crippen LogP contribution is -2.24. The molecule has 1 heterocycles. The Morgan fingerprint density at radius 2 is 2.07 bits per heavy atom. The van der Waals surface area contributed by atoms with Crippen LogP contribution in [0.4, 0.5) is 5.69 Å². The van der Waals surface area contributed by atoms with Crippen LogP contribution in [-0.2, 0) is 0 Å². The first-order valence-electron chi connectivity index (χ1n) is 5.48. The molecule has 1 aliphatic heterocycles. The summed E-state index contributed by atoms with van der Waals surface area (Å²) in [5.41, 5.74) is 4.62. The molecule has 0 saturated heterocycles. The third kappa shape index (κ3) is 0.759. The third-order valence-corrected chi connectivity index (χ3v) is 3.96. The Kier molecular flexibility index (Phi) is 1.13. The lowest BCUT2D eigenvalue weighted by molar-refractivity contribution is 0.540. The molecule has 2 aliphatic carbocycles. The summed E-state index contributed by atoms with van der Waals surface area (Å²) < 4.78 is 0. The molecule has 1 nitrogen and oxygen atoms in total. The molecule has 1 fully saturated rings. The van der Waals surface area contributed by atoms with Crippen LogP contribution < -0.4 is 5.32 Å². The fraction of sp³-hybridized carbons (Fsp3) is 0.385. The van der Waals surface area contributed by atoms with Gasteiger partial charge >= 0.3 is 0 Å². The number of nitrogens with one attached hydrogen (secondary N) is 1. The molecule has 0 spiro atoms. The van der Waals surface area contributed by atoms with Crippen LogP contribution in [0.5, 0.6) is 0 Å². The number of allylic oxidation sites excluding steroid dienone is 1. The van der Waals surface area contributed by atoms with E-state index in [4.69, 9.17) is 0 Å². The smallest absolute Gasteiger partial charge is 0.0402 e. The van der Waals surface area contributed by atoms with Gasteiger partial charge in [-0.15, -0.1) is 0 Å². The zero-order chi connectivity index (χ0) is 9.12. The number of hydrogen-bond acceptors (Lipinski definition) is 1. The molecule has 1 heteroatoms. The van der Waals surface area contributed by atoms with Crippen LogP contribution in [0.2, 0.25) is 0 Å². The Labute approximate surface area is 83.8 Å². The predicted octanol–water partition coefficient (Wildman–Crippen LogP) is 2.91.